The van der Waals surface area contributed by atoms with Crippen LogP contribution in [0.5, 0.6) is 0 Å². The van der Waals surface area contributed by atoms with Crippen LogP contribution >= 0.6 is 0 Å². The van der Waals surface area contributed by atoms with Crippen molar-refractivity contribution in [2.24, 2.45) is 0 Å². The van der Waals surface area contributed by atoms with Gasteiger partial charge in [0.1, 0.15) is 11.6 Å². The maximum atomic E-state index is 13.0. The fourth-order valence-electron chi connectivity index (χ4n) is 3.43. The van der Waals surface area contributed by atoms with Crippen LogP contribution in [0.15, 0.2) is 66.7 Å². The van der Waals surface area contributed by atoms with Gasteiger partial charge in [-0.25, -0.2) is 9.37 Å². The summed E-state index contributed by atoms with van der Waals surface area (Å²) in [5.41, 5.74) is 4.25. The molecule has 0 atom stereocenters. The second-order valence-corrected chi connectivity index (χ2v) is 7.45. The van der Waals surface area contributed by atoms with Gasteiger partial charge in [0.25, 0.3) is 5.91 Å². The Bertz CT molecular complexity index is 1240. The van der Waals surface area contributed by atoms with E-state index in [1.54, 1.807) is 7.05 Å². The summed E-state index contributed by atoms with van der Waals surface area (Å²) < 4.78 is 13.0. The molecule has 0 unspecified atom stereocenters. The van der Waals surface area contributed by atoms with Gasteiger partial charge in [0, 0.05) is 30.2 Å². The molecule has 4 aromatic rings. The number of hydrogen-bond acceptors (Lipinski definition) is 5. The minimum atomic E-state index is -0.369. The van der Waals surface area contributed by atoms with Crippen LogP contribution in [0.4, 0.5) is 21.8 Å². The average Bonchev–Trinajstić information content (AvgIpc) is 2.81. The summed E-state index contributed by atoms with van der Waals surface area (Å²) in [5.74, 6) is 0.735. The van der Waals surface area contributed by atoms with Crippen molar-refractivity contribution in [3.8, 4) is 0 Å². The number of halogens is 1. The number of aromatic nitrogens is 2. The van der Waals surface area contributed by atoms with E-state index in [2.05, 4.69) is 25.9 Å². The van der Waals surface area contributed by atoms with Gasteiger partial charge in [-0.1, -0.05) is 24.3 Å². The molecule has 0 spiro atoms. The van der Waals surface area contributed by atoms with Crippen molar-refractivity contribution in [1.29, 1.82) is 0 Å². The first-order valence-corrected chi connectivity index (χ1v) is 10.4. The minimum Gasteiger partial charge on any atom is -0.369 e. The number of aryl methyl sites for hydroxylation is 1. The van der Waals surface area contributed by atoms with E-state index in [1.165, 1.54) is 24.3 Å². The highest BCUT2D eigenvalue weighted by Crippen LogP contribution is 2.24. The second-order valence-electron chi connectivity index (χ2n) is 7.45. The SMILES string of the molecule is CNc1nc(NCCc2ccc(NC(=O)c3ccc(F)cc3)cc2)c2cccc(C)c2n1. The van der Waals surface area contributed by atoms with Crippen molar-refractivity contribution in [2.45, 2.75) is 13.3 Å². The Kier molecular flexibility index (Phi) is 6.26. The number of para-hydroxylation sites is 1. The first kappa shape index (κ1) is 21.2. The zero-order valence-corrected chi connectivity index (χ0v) is 17.9. The van der Waals surface area contributed by atoms with E-state index in [-0.39, 0.29) is 11.7 Å². The fraction of sp³-hybridized carbons (Fsp3) is 0.160. The van der Waals surface area contributed by atoms with E-state index in [4.69, 9.17) is 0 Å². The summed E-state index contributed by atoms with van der Waals surface area (Å²) in [6.45, 7) is 2.74. The van der Waals surface area contributed by atoms with Crippen molar-refractivity contribution in [1.82, 2.24) is 9.97 Å². The molecule has 1 heterocycles. The topological polar surface area (TPSA) is 78.9 Å². The van der Waals surface area contributed by atoms with Gasteiger partial charge >= 0.3 is 0 Å². The maximum Gasteiger partial charge on any atom is 0.255 e. The van der Waals surface area contributed by atoms with Gasteiger partial charge in [-0.3, -0.25) is 4.79 Å². The van der Waals surface area contributed by atoms with Crippen molar-refractivity contribution in [3.63, 3.8) is 0 Å². The Balaban J connectivity index is 1.38. The van der Waals surface area contributed by atoms with Gasteiger partial charge in [0.05, 0.1) is 5.52 Å². The summed E-state index contributed by atoms with van der Waals surface area (Å²) in [6, 6.07) is 19.2. The highest BCUT2D eigenvalue weighted by molar-refractivity contribution is 6.04. The zero-order valence-electron chi connectivity index (χ0n) is 17.9. The number of benzene rings is 3. The van der Waals surface area contributed by atoms with E-state index in [1.807, 2.05) is 49.4 Å². The van der Waals surface area contributed by atoms with Crippen LogP contribution in [0.2, 0.25) is 0 Å². The van der Waals surface area contributed by atoms with Gasteiger partial charge in [0.2, 0.25) is 5.95 Å². The number of hydrogen-bond donors (Lipinski definition) is 3. The monoisotopic (exact) mass is 429 g/mol. The number of nitrogens with one attached hydrogen (secondary N) is 3. The Morgan fingerprint density at radius 1 is 0.969 bits per heavy atom. The zero-order chi connectivity index (χ0) is 22.5. The van der Waals surface area contributed by atoms with Gasteiger partial charge in [0.15, 0.2) is 0 Å². The van der Waals surface area contributed by atoms with E-state index < -0.39 is 0 Å². The third-order valence-corrected chi connectivity index (χ3v) is 5.18. The Labute approximate surface area is 185 Å². The van der Waals surface area contributed by atoms with Crippen LogP contribution in [0.3, 0.4) is 0 Å². The highest BCUT2D eigenvalue weighted by Gasteiger charge is 2.09. The number of carbonyl (C=O) groups is 1. The largest absolute Gasteiger partial charge is 0.369 e. The van der Waals surface area contributed by atoms with E-state index in [0.717, 1.165) is 34.3 Å². The normalized spacial score (nSPS) is 10.7. The van der Waals surface area contributed by atoms with Crippen molar-refractivity contribution in [2.75, 3.05) is 29.5 Å². The number of anilines is 3. The van der Waals surface area contributed by atoms with Gasteiger partial charge in [-0.2, -0.15) is 4.98 Å². The molecule has 6 nitrogen and oxygen atoms in total. The standard InChI is InChI=1S/C25H24FN5O/c1-16-4-3-5-21-22(16)30-25(27-2)31-23(21)28-15-14-17-6-12-20(13-7-17)29-24(32)18-8-10-19(26)11-9-18/h3-13H,14-15H2,1-2H3,(H,29,32)(H2,27,28,30,31). The Hall–Kier alpha value is -4.00. The quantitative estimate of drug-likeness (QED) is 0.384. The molecule has 3 N–H and O–H groups in total. The molecule has 0 fully saturated rings. The molecule has 4 rings (SSSR count). The molecule has 0 saturated heterocycles. The second kappa shape index (κ2) is 9.43. The van der Waals surface area contributed by atoms with E-state index in [9.17, 15) is 9.18 Å². The molecule has 3 aromatic carbocycles. The lowest BCUT2D eigenvalue weighted by Crippen LogP contribution is -2.12. The van der Waals surface area contributed by atoms with Crippen LogP contribution < -0.4 is 16.0 Å². The first-order valence-electron chi connectivity index (χ1n) is 10.4. The fourth-order valence-corrected chi connectivity index (χ4v) is 3.43. The van der Waals surface area contributed by atoms with Gasteiger partial charge < -0.3 is 16.0 Å². The third kappa shape index (κ3) is 4.83. The number of nitrogens with zero attached hydrogens (tertiary/aromatic N) is 2. The molecular formula is C25H24FN5O. The molecule has 162 valence electrons. The van der Waals surface area contributed by atoms with Crippen molar-refractivity contribution < 1.29 is 9.18 Å². The third-order valence-electron chi connectivity index (χ3n) is 5.18. The summed E-state index contributed by atoms with van der Waals surface area (Å²) in [7, 11) is 1.81. The molecule has 32 heavy (non-hydrogen) atoms. The van der Waals surface area contributed by atoms with Crippen molar-refractivity contribution in [3.05, 3.63) is 89.2 Å². The van der Waals surface area contributed by atoms with Crippen LogP contribution in [-0.4, -0.2) is 29.5 Å². The van der Waals surface area contributed by atoms with Gasteiger partial charge in [-0.15, -0.1) is 0 Å². The van der Waals surface area contributed by atoms with Crippen LogP contribution in [0.25, 0.3) is 10.9 Å². The summed E-state index contributed by atoms with van der Waals surface area (Å²) >= 11 is 0. The number of fused-ring (bicyclic) bond motifs is 1. The molecule has 0 aliphatic carbocycles. The van der Waals surface area contributed by atoms with Crippen molar-refractivity contribution >= 4 is 34.3 Å². The first-order chi connectivity index (χ1) is 15.5. The molecule has 7 heteroatoms. The van der Waals surface area contributed by atoms with E-state index in [0.29, 0.717) is 23.7 Å². The summed E-state index contributed by atoms with van der Waals surface area (Å²) in [4.78, 5) is 21.4. The highest BCUT2D eigenvalue weighted by atomic mass is 19.1. The molecule has 0 bridgehead atoms. The smallest absolute Gasteiger partial charge is 0.255 e. The van der Waals surface area contributed by atoms with Crippen LogP contribution in [-0.2, 0) is 6.42 Å². The average molecular weight is 429 g/mol. The maximum absolute atomic E-state index is 13.0. The number of amides is 1. The molecule has 0 aliphatic rings. The number of carbonyl (C=O) groups excluding carboxylic acids is 1. The molecule has 1 amide bonds. The lowest BCUT2D eigenvalue weighted by molar-refractivity contribution is 0.102. The Morgan fingerprint density at radius 3 is 2.44 bits per heavy atom. The van der Waals surface area contributed by atoms with Gasteiger partial charge in [-0.05, 0) is 66.9 Å². The van der Waals surface area contributed by atoms with Crippen LogP contribution in [0, 0.1) is 12.7 Å². The van der Waals surface area contributed by atoms with E-state index >= 15 is 0 Å². The summed E-state index contributed by atoms with van der Waals surface area (Å²) in [6.07, 6.45) is 0.790. The molecule has 0 saturated carbocycles. The Morgan fingerprint density at radius 2 is 1.72 bits per heavy atom. The molecular weight excluding hydrogens is 405 g/mol. The van der Waals surface area contributed by atoms with Crippen LogP contribution in [0.1, 0.15) is 21.5 Å². The molecule has 1 aromatic heterocycles. The summed E-state index contributed by atoms with van der Waals surface area (Å²) in [5, 5.41) is 10.2. The minimum absolute atomic E-state index is 0.273. The molecule has 0 radical (unpaired) electrons. The number of rotatable bonds is 7. The molecule has 0 aliphatic heterocycles. The lowest BCUT2D eigenvalue weighted by atomic mass is 10.1. The predicted molar refractivity (Wildman–Crippen MR) is 127 cm³/mol. The predicted octanol–water partition coefficient (Wildman–Crippen LogP) is 5.03. The lowest BCUT2D eigenvalue weighted by Gasteiger charge is -2.12.